The summed E-state index contributed by atoms with van der Waals surface area (Å²) in [5, 5.41) is 7.38. The van der Waals surface area contributed by atoms with Gasteiger partial charge in [0.2, 0.25) is 5.91 Å². The Morgan fingerprint density at radius 2 is 1.89 bits per heavy atom. The van der Waals surface area contributed by atoms with Gasteiger partial charge in [0.15, 0.2) is 0 Å². The Hall–Kier alpha value is -1.36. The minimum absolute atomic E-state index is 0.0456. The monoisotopic (exact) mass is 266 g/mol. The van der Waals surface area contributed by atoms with Crippen LogP contribution in [0.4, 0.5) is 5.69 Å². The van der Waals surface area contributed by atoms with Gasteiger partial charge in [0.05, 0.1) is 17.1 Å². The molecule has 5 nitrogen and oxygen atoms in total. The highest BCUT2D eigenvalue weighted by Crippen LogP contribution is 2.22. The number of aromatic nitrogens is 2. The van der Waals surface area contributed by atoms with Crippen molar-refractivity contribution in [1.29, 1.82) is 0 Å². The fraction of sp³-hybridized carbons (Fsp3) is 0.714. The molecule has 108 valence electrons. The highest BCUT2D eigenvalue weighted by atomic mass is 16.1. The summed E-state index contributed by atoms with van der Waals surface area (Å²) >= 11 is 0. The molecule has 3 N–H and O–H groups in total. The summed E-state index contributed by atoms with van der Waals surface area (Å²) in [6.07, 6.45) is 0.337. The van der Waals surface area contributed by atoms with Gasteiger partial charge in [-0.2, -0.15) is 5.10 Å². The minimum Gasteiger partial charge on any atom is -0.327 e. The molecule has 1 aromatic rings. The first-order chi connectivity index (χ1) is 8.73. The summed E-state index contributed by atoms with van der Waals surface area (Å²) in [6, 6.07) is 0.169. The van der Waals surface area contributed by atoms with Crippen molar-refractivity contribution in [1.82, 2.24) is 9.78 Å². The number of carbonyl (C=O) groups excluding carboxylic acids is 1. The number of amides is 1. The zero-order chi connectivity index (χ0) is 14.7. The molecule has 1 atom stereocenters. The Morgan fingerprint density at radius 3 is 2.32 bits per heavy atom. The van der Waals surface area contributed by atoms with Gasteiger partial charge in [0.1, 0.15) is 0 Å². The molecule has 0 fully saturated rings. The third-order valence-electron chi connectivity index (χ3n) is 3.36. The molecule has 0 aromatic carbocycles. The second kappa shape index (κ2) is 6.19. The standard InChI is InChI=1S/C14H26N4O/c1-8(2)12(15)7-13(19)16-14-10(5)17-18(9(3)4)11(14)6/h8-9,12H,7,15H2,1-6H3,(H,16,19). The van der Waals surface area contributed by atoms with Crippen molar-refractivity contribution in [2.45, 2.75) is 60.0 Å². The molecule has 0 aliphatic heterocycles. The molecule has 0 saturated heterocycles. The molecule has 1 unspecified atom stereocenters. The molecule has 0 spiro atoms. The van der Waals surface area contributed by atoms with E-state index >= 15 is 0 Å². The van der Waals surface area contributed by atoms with Gasteiger partial charge in [-0.3, -0.25) is 9.48 Å². The molecule has 1 rings (SSSR count). The first-order valence-electron chi connectivity index (χ1n) is 6.85. The Balaban J connectivity index is 2.80. The number of hydrogen-bond donors (Lipinski definition) is 2. The zero-order valence-corrected chi connectivity index (χ0v) is 12.8. The van der Waals surface area contributed by atoms with Crippen LogP contribution in [0.5, 0.6) is 0 Å². The number of aryl methyl sites for hydroxylation is 1. The van der Waals surface area contributed by atoms with E-state index in [2.05, 4.69) is 24.3 Å². The van der Waals surface area contributed by atoms with E-state index in [-0.39, 0.29) is 18.0 Å². The molecule has 0 aliphatic rings. The van der Waals surface area contributed by atoms with Crippen LogP contribution in [0.15, 0.2) is 0 Å². The van der Waals surface area contributed by atoms with Crippen molar-refractivity contribution in [2.24, 2.45) is 11.7 Å². The lowest BCUT2D eigenvalue weighted by atomic mass is 10.0. The Bertz CT molecular complexity index is 449. The molecule has 1 aromatic heterocycles. The number of nitrogens with zero attached hydrogens (tertiary/aromatic N) is 2. The average Bonchev–Trinajstić information content (AvgIpc) is 2.56. The van der Waals surface area contributed by atoms with Gasteiger partial charge in [0.25, 0.3) is 0 Å². The van der Waals surface area contributed by atoms with Crippen LogP contribution >= 0.6 is 0 Å². The summed E-state index contributed by atoms with van der Waals surface area (Å²) in [5.41, 5.74) is 8.56. The van der Waals surface area contributed by atoms with Gasteiger partial charge in [-0.15, -0.1) is 0 Å². The lowest BCUT2D eigenvalue weighted by molar-refractivity contribution is -0.116. The maximum absolute atomic E-state index is 12.0. The van der Waals surface area contributed by atoms with E-state index in [1.165, 1.54) is 0 Å². The lowest BCUT2D eigenvalue weighted by Crippen LogP contribution is -2.31. The maximum atomic E-state index is 12.0. The summed E-state index contributed by atoms with van der Waals surface area (Å²) in [6.45, 7) is 12.1. The van der Waals surface area contributed by atoms with E-state index in [1.807, 2.05) is 32.4 Å². The highest BCUT2D eigenvalue weighted by molar-refractivity contribution is 5.92. The smallest absolute Gasteiger partial charge is 0.226 e. The SMILES string of the molecule is Cc1nn(C(C)C)c(C)c1NC(=O)CC(N)C(C)C. The van der Waals surface area contributed by atoms with Crippen LogP contribution in [0.3, 0.4) is 0 Å². The van der Waals surface area contributed by atoms with Crippen LogP contribution in [-0.4, -0.2) is 21.7 Å². The van der Waals surface area contributed by atoms with Crippen LogP contribution in [0.1, 0.15) is 51.5 Å². The average molecular weight is 266 g/mol. The number of nitrogens with two attached hydrogens (primary N) is 1. The Kier molecular flexibility index (Phi) is 5.11. The van der Waals surface area contributed by atoms with Gasteiger partial charge in [0, 0.05) is 18.5 Å². The largest absolute Gasteiger partial charge is 0.327 e. The molecule has 0 saturated carbocycles. The maximum Gasteiger partial charge on any atom is 0.226 e. The molecular weight excluding hydrogens is 240 g/mol. The Labute approximate surface area is 115 Å². The second-order valence-corrected chi connectivity index (χ2v) is 5.74. The molecule has 1 amide bonds. The number of nitrogens with one attached hydrogen (secondary N) is 1. The van der Waals surface area contributed by atoms with Crippen molar-refractivity contribution >= 4 is 11.6 Å². The topological polar surface area (TPSA) is 72.9 Å². The van der Waals surface area contributed by atoms with Crippen molar-refractivity contribution in [3.8, 4) is 0 Å². The van der Waals surface area contributed by atoms with Gasteiger partial charge in [-0.05, 0) is 33.6 Å². The third-order valence-corrected chi connectivity index (χ3v) is 3.36. The van der Waals surface area contributed by atoms with E-state index in [4.69, 9.17) is 5.73 Å². The van der Waals surface area contributed by atoms with Gasteiger partial charge >= 0.3 is 0 Å². The normalized spacial score (nSPS) is 13.1. The van der Waals surface area contributed by atoms with Crippen LogP contribution in [-0.2, 0) is 4.79 Å². The van der Waals surface area contributed by atoms with Crippen molar-refractivity contribution in [3.05, 3.63) is 11.4 Å². The number of hydrogen-bond acceptors (Lipinski definition) is 3. The highest BCUT2D eigenvalue weighted by Gasteiger charge is 2.18. The predicted molar refractivity (Wildman–Crippen MR) is 78.1 cm³/mol. The van der Waals surface area contributed by atoms with Crippen LogP contribution in [0.2, 0.25) is 0 Å². The van der Waals surface area contributed by atoms with E-state index in [0.717, 1.165) is 17.1 Å². The summed E-state index contributed by atoms with van der Waals surface area (Å²) < 4.78 is 1.92. The van der Waals surface area contributed by atoms with Crippen molar-refractivity contribution < 1.29 is 4.79 Å². The minimum atomic E-state index is -0.110. The second-order valence-electron chi connectivity index (χ2n) is 5.74. The molecule has 1 heterocycles. The van der Waals surface area contributed by atoms with Crippen molar-refractivity contribution in [3.63, 3.8) is 0 Å². The summed E-state index contributed by atoms with van der Waals surface area (Å²) in [4.78, 5) is 12.0. The Morgan fingerprint density at radius 1 is 1.32 bits per heavy atom. The first-order valence-corrected chi connectivity index (χ1v) is 6.85. The molecule has 5 heteroatoms. The van der Waals surface area contributed by atoms with E-state index in [1.54, 1.807) is 0 Å². The van der Waals surface area contributed by atoms with E-state index in [0.29, 0.717) is 12.3 Å². The van der Waals surface area contributed by atoms with Gasteiger partial charge in [-0.25, -0.2) is 0 Å². The number of anilines is 1. The van der Waals surface area contributed by atoms with Crippen LogP contribution in [0, 0.1) is 19.8 Å². The quantitative estimate of drug-likeness (QED) is 0.859. The summed E-state index contributed by atoms with van der Waals surface area (Å²) in [5.74, 6) is 0.252. The van der Waals surface area contributed by atoms with Crippen molar-refractivity contribution in [2.75, 3.05) is 5.32 Å². The first kappa shape index (κ1) is 15.7. The molecule has 0 radical (unpaired) electrons. The third kappa shape index (κ3) is 3.80. The molecular formula is C14H26N4O. The van der Waals surface area contributed by atoms with E-state index in [9.17, 15) is 4.79 Å². The van der Waals surface area contributed by atoms with Gasteiger partial charge < -0.3 is 11.1 Å². The van der Waals surface area contributed by atoms with Crippen LogP contribution in [0.25, 0.3) is 0 Å². The number of rotatable bonds is 5. The van der Waals surface area contributed by atoms with Crippen LogP contribution < -0.4 is 11.1 Å². The predicted octanol–water partition coefficient (Wildman–Crippen LogP) is 2.39. The van der Waals surface area contributed by atoms with Gasteiger partial charge in [-0.1, -0.05) is 13.8 Å². The lowest BCUT2D eigenvalue weighted by Gasteiger charge is -2.15. The molecule has 0 bridgehead atoms. The number of carbonyl (C=O) groups is 1. The summed E-state index contributed by atoms with van der Waals surface area (Å²) in [7, 11) is 0. The fourth-order valence-electron chi connectivity index (χ4n) is 1.99. The fourth-order valence-corrected chi connectivity index (χ4v) is 1.99. The molecule has 0 aliphatic carbocycles. The zero-order valence-electron chi connectivity index (χ0n) is 12.8. The van der Waals surface area contributed by atoms with E-state index < -0.39 is 0 Å². The molecule has 19 heavy (non-hydrogen) atoms.